The second-order valence-corrected chi connectivity index (χ2v) is 6.27. The Hall–Kier alpha value is -2.90. The van der Waals surface area contributed by atoms with E-state index in [0.717, 1.165) is 10.5 Å². The topological polar surface area (TPSA) is 74.3 Å². The molecule has 0 bridgehead atoms. The van der Waals surface area contributed by atoms with Crippen molar-refractivity contribution in [2.24, 2.45) is 0 Å². The van der Waals surface area contributed by atoms with Crippen molar-refractivity contribution in [1.82, 2.24) is 4.90 Å². The van der Waals surface area contributed by atoms with E-state index in [4.69, 9.17) is 18.9 Å². The fourth-order valence-corrected chi connectivity index (χ4v) is 2.70. The van der Waals surface area contributed by atoms with Crippen molar-refractivity contribution in [1.29, 1.82) is 0 Å². The quantitative estimate of drug-likeness (QED) is 0.402. The van der Waals surface area contributed by atoms with E-state index in [1.807, 2.05) is 12.1 Å². The van der Waals surface area contributed by atoms with Gasteiger partial charge in [-0.05, 0) is 36.8 Å². The summed E-state index contributed by atoms with van der Waals surface area (Å²) in [6, 6.07) is 12.4. The number of benzene rings is 2. The number of amides is 2. The molecule has 2 aromatic carbocycles. The summed E-state index contributed by atoms with van der Waals surface area (Å²) in [5.41, 5.74) is 1.92. The van der Waals surface area contributed by atoms with Crippen LogP contribution in [0.2, 0.25) is 0 Å². The van der Waals surface area contributed by atoms with Gasteiger partial charge >= 0.3 is 0 Å². The number of nitrogens with zero attached hydrogens (tertiary/aromatic N) is 1. The maximum Gasteiger partial charge on any atom is 0.260 e. The minimum Gasteiger partial charge on any atom is -0.497 e. The zero-order valence-electron chi connectivity index (χ0n) is 17.1. The Morgan fingerprint density at radius 2 is 1.72 bits per heavy atom. The molecule has 0 N–H and O–H groups in total. The number of carbonyl (C=O) groups excluding carboxylic acids is 2. The molecular formula is C22H27NO6. The van der Waals surface area contributed by atoms with E-state index in [2.05, 4.69) is 0 Å². The first-order valence-electron chi connectivity index (χ1n) is 9.29. The van der Waals surface area contributed by atoms with Gasteiger partial charge in [0.2, 0.25) is 6.41 Å². The molecule has 0 aromatic heterocycles. The highest BCUT2D eigenvalue weighted by atomic mass is 16.5. The fraction of sp³-hybridized carbons (Fsp3) is 0.364. The van der Waals surface area contributed by atoms with Gasteiger partial charge in [-0.2, -0.15) is 0 Å². The number of methoxy groups -OCH3 is 2. The SMILES string of the molecule is COCCOCCOc1cccc(C(=O)N(C=O)Cc2ccc(OC)cc2)c1C. The highest BCUT2D eigenvalue weighted by Gasteiger charge is 2.19. The zero-order valence-corrected chi connectivity index (χ0v) is 17.1. The third-order valence-electron chi connectivity index (χ3n) is 4.33. The van der Waals surface area contributed by atoms with Gasteiger partial charge in [-0.15, -0.1) is 0 Å². The first-order valence-corrected chi connectivity index (χ1v) is 9.29. The number of hydrogen-bond acceptors (Lipinski definition) is 6. The average Bonchev–Trinajstić information content (AvgIpc) is 2.75. The van der Waals surface area contributed by atoms with Crippen LogP contribution in [0.5, 0.6) is 11.5 Å². The maximum atomic E-state index is 12.9. The fourth-order valence-electron chi connectivity index (χ4n) is 2.70. The predicted octanol–water partition coefficient (Wildman–Crippen LogP) is 2.84. The smallest absolute Gasteiger partial charge is 0.260 e. The molecular weight excluding hydrogens is 374 g/mol. The molecule has 7 nitrogen and oxygen atoms in total. The van der Waals surface area contributed by atoms with Crippen molar-refractivity contribution < 1.29 is 28.5 Å². The van der Waals surface area contributed by atoms with E-state index in [1.54, 1.807) is 51.5 Å². The zero-order chi connectivity index (χ0) is 21.1. The predicted molar refractivity (Wildman–Crippen MR) is 108 cm³/mol. The van der Waals surface area contributed by atoms with E-state index in [1.165, 1.54) is 0 Å². The number of imide groups is 1. The molecule has 2 rings (SSSR count). The molecule has 0 aliphatic heterocycles. The van der Waals surface area contributed by atoms with Crippen LogP contribution in [-0.2, 0) is 20.8 Å². The lowest BCUT2D eigenvalue weighted by Crippen LogP contribution is -2.29. The summed E-state index contributed by atoms with van der Waals surface area (Å²) in [4.78, 5) is 25.6. The second kappa shape index (κ2) is 11.8. The Kier molecular flexibility index (Phi) is 9.14. The number of ether oxygens (including phenoxy) is 4. The van der Waals surface area contributed by atoms with Crippen molar-refractivity contribution in [3.63, 3.8) is 0 Å². The van der Waals surface area contributed by atoms with Gasteiger partial charge in [-0.1, -0.05) is 18.2 Å². The number of rotatable bonds is 12. The summed E-state index contributed by atoms with van der Waals surface area (Å²) in [7, 11) is 3.20. The van der Waals surface area contributed by atoms with Crippen molar-refractivity contribution in [3.05, 3.63) is 59.2 Å². The first-order chi connectivity index (χ1) is 14.1. The molecule has 0 saturated carbocycles. The molecule has 0 heterocycles. The van der Waals surface area contributed by atoms with Crippen molar-refractivity contribution in [2.45, 2.75) is 13.5 Å². The standard InChI is InChI=1S/C22H27NO6/c1-17-20(5-4-6-21(17)29-14-13-28-12-11-26-2)22(25)23(16-24)15-18-7-9-19(27-3)10-8-18/h4-10,16H,11-15H2,1-3H3. The lowest BCUT2D eigenvalue weighted by atomic mass is 10.1. The molecule has 2 amide bonds. The normalized spacial score (nSPS) is 10.4. The van der Waals surface area contributed by atoms with Gasteiger partial charge in [0.15, 0.2) is 0 Å². The largest absolute Gasteiger partial charge is 0.497 e. The van der Waals surface area contributed by atoms with Crippen LogP contribution >= 0.6 is 0 Å². The summed E-state index contributed by atoms with van der Waals surface area (Å²) in [5.74, 6) is 0.918. The van der Waals surface area contributed by atoms with E-state index >= 15 is 0 Å². The molecule has 0 unspecified atom stereocenters. The lowest BCUT2D eigenvalue weighted by molar-refractivity contribution is -0.116. The van der Waals surface area contributed by atoms with Crippen molar-refractivity contribution in [3.8, 4) is 11.5 Å². The van der Waals surface area contributed by atoms with Crippen LogP contribution in [-0.4, -0.2) is 57.9 Å². The first kappa shape index (κ1) is 22.4. The van der Waals surface area contributed by atoms with E-state index in [0.29, 0.717) is 55.5 Å². The molecule has 0 fully saturated rings. The third kappa shape index (κ3) is 6.58. The summed E-state index contributed by atoms with van der Waals surface area (Å²) in [5, 5.41) is 0. The van der Waals surface area contributed by atoms with Crippen LogP contribution in [0.4, 0.5) is 0 Å². The average molecular weight is 401 g/mol. The van der Waals surface area contributed by atoms with Gasteiger partial charge in [0.05, 0.1) is 33.5 Å². The molecule has 7 heteroatoms. The summed E-state index contributed by atoms with van der Waals surface area (Å²) in [6.45, 7) is 3.76. The number of hydrogen-bond donors (Lipinski definition) is 0. The van der Waals surface area contributed by atoms with Gasteiger partial charge in [-0.3, -0.25) is 14.5 Å². The van der Waals surface area contributed by atoms with Crippen LogP contribution in [0.3, 0.4) is 0 Å². The number of carbonyl (C=O) groups is 2. The summed E-state index contributed by atoms with van der Waals surface area (Å²) >= 11 is 0. The molecule has 0 atom stereocenters. The molecule has 29 heavy (non-hydrogen) atoms. The molecule has 2 aromatic rings. The summed E-state index contributed by atoms with van der Waals surface area (Å²) in [6.07, 6.45) is 0.545. The Morgan fingerprint density at radius 3 is 2.38 bits per heavy atom. The van der Waals surface area contributed by atoms with Crippen molar-refractivity contribution >= 4 is 12.3 Å². The molecule has 0 radical (unpaired) electrons. The van der Waals surface area contributed by atoms with E-state index in [9.17, 15) is 9.59 Å². The Labute approximate surface area is 171 Å². The highest BCUT2D eigenvalue weighted by molar-refractivity contribution is 6.01. The summed E-state index contributed by atoms with van der Waals surface area (Å²) < 4.78 is 21.1. The second-order valence-electron chi connectivity index (χ2n) is 6.27. The molecule has 0 spiro atoms. The van der Waals surface area contributed by atoms with E-state index < -0.39 is 0 Å². The van der Waals surface area contributed by atoms with Crippen LogP contribution in [0, 0.1) is 6.92 Å². The van der Waals surface area contributed by atoms with Gasteiger partial charge in [-0.25, -0.2) is 0 Å². The van der Waals surface area contributed by atoms with Crippen molar-refractivity contribution in [2.75, 3.05) is 40.6 Å². The van der Waals surface area contributed by atoms with Crippen LogP contribution in [0.15, 0.2) is 42.5 Å². The molecule has 0 aliphatic rings. The monoisotopic (exact) mass is 401 g/mol. The highest BCUT2D eigenvalue weighted by Crippen LogP contribution is 2.23. The van der Waals surface area contributed by atoms with E-state index in [-0.39, 0.29) is 12.5 Å². The Morgan fingerprint density at radius 1 is 1.00 bits per heavy atom. The molecule has 0 saturated heterocycles. The Balaban J connectivity index is 2.03. The minimum atomic E-state index is -0.380. The third-order valence-corrected chi connectivity index (χ3v) is 4.33. The van der Waals surface area contributed by atoms with Gasteiger partial charge in [0.1, 0.15) is 18.1 Å². The molecule has 156 valence electrons. The van der Waals surface area contributed by atoms with Crippen LogP contribution in [0.25, 0.3) is 0 Å². The van der Waals surface area contributed by atoms with Gasteiger partial charge < -0.3 is 18.9 Å². The van der Waals surface area contributed by atoms with Gasteiger partial charge in [0.25, 0.3) is 5.91 Å². The van der Waals surface area contributed by atoms with Crippen LogP contribution < -0.4 is 9.47 Å². The van der Waals surface area contributed by atoms with Crippen LogP contribution in [0.1, 0.15) is 21.5 Å². The molecule has 0 aliphatic carbocycles. The minimum absolute atomic E-state index is 0.171. The maximum absolute atomic E-state index is 12.9. The Bertz CT molecular complexity index is 790. The van der Waals surface area contributed by atoms with Gasteiger partial charge in [0, 0.05) is 18.2 Å². The lowest BCUT2D eigenvalue weighted by Gasteiger charge is -2.18.